The highest BCUT2D eigenvalue weighted by Crippen LogP contribution is 2.41. The Labute approximate surface area is 80.7 Å². The van der Waals surface area contributed by atoms with Crippen molar-refractivity contribution in [3.05, 3.63) is 11.6 Å². The summed E-state index contributed by atoms with van der Waals surface area (Å²) in [4.78, 5) is 14.6. The molecule has 1 heterocycles. The van der Waals surface area contributed by atoms with Gasteiger partial charge in [-0.2, -0.15) is 0 Å². The van der Waals surface area contributed by atoms with E-state index in [0.29, 0.717) is 18.4 Å². The van der Waals surface area contributed by atoms with E-state index in [1.165, 1.54) is 0 Å². The second kappa shape index (κ2) is 3.32. The normalized spacial score (nSPS) is 15.5. The molecule has 1 N–H and O–H groups in total. The first-order valence-corrected chi connectivity index (χ1v) is 4.59. The van der Waals surface area contributed by atoms with Gasteiger partial charge in [0.15, 0.2) is 0 Å². The summed E-state index contributed by atoms with van der Waals surface area (Å²) in [7, 11) is 0. The van der Waals surface area contributed by atoms with Gasteiger partial charge in [-0.3, -0.25) is 0 Å². The number of ether oxygens (including phenoxy) is 1. The predicted molar refractivity (Wildman–Crippen MR) is 46.6 cm³/mol. The molecule has 1 fully saturated rings. The van der Waals surface area contributed by atoms with Gasteiger partial charge in [0, 0.05) is 5.92 Å². The van der Waals surface area contributed by atoms with Gasteiger partial charge in [0.2, 0.25) is 11.6 Å². The number of carboxylic acid groups (broad SMARTS) is 1. The Balaban J connectivity index is 2.29. The van der Waals surface area contributed by atoms with Crippen LogP contribution < -0.4 is 4.74 Å². The molecular weight excluding hydrogens is 186 g/mol. The average molecular weight is 197 g/mol. The summed E-state index contributed by atoms with van der Waals surface area (Å²) in [5, 5.41) is 8.81. The third-order valence-electron chi connectivity index (χ3n) is 2.02. The molecular formula is C9H11NO4. The number of aromatic nitrogens is 1. The van der Waals surface area contributed by atoms with Crippen molar-refractivity contribution < 1.29 is 19.1 Å². The minimum absolute atomic E-state index is 0.0295. The molecule has 0 atom stereocenters. The van der Waals surface area contributed by atoms with Gasteiger partial charge in [-0.15, -0.1) is 0 Å². The van der Waals surface area contributed by atoms with Gasteiger partial charge in [-0.05, 0) is 19.8 Å². The van der Waals surface area contributed by atoms with E-state index < -0.39 is 5.97 Å². The molecule has 0 bridgehead atoms. The number of carboxylic acids is 1. The fourth-order valence-electron chi connectivity index (χ4n) is 1.19. The fraction of sp³-hybridized carbons (Fsp3) is 0.556. The van der Waals surface area contributed by atoms with Crippen molar-refractivity contribution in [1.29, 1.82) is 0 Å². The molecule has 0 spiro atoms. The van der Waals surface area contributed by atoms with E-state index in [2.05, 4.69) is 4.98 Å². The van der Waals surface area contributed by atoms with Crippen LogP contribution in [0.3, 0.4) is 0 Å². The van der Waals surface area contributed by atoms with Gasteiger partial charge >= 0.3 is 11.9 Å². The fourth-order valence-corrected chi connectivity index (χ4v) is 1.19. The Morgan fingerprint density at radius 2 is 2.43 bits per heavy atom. The molecule has 14 heavy (non-hydrogen) atoms. The van der Waals surface area contributed by atoms with Crippen molar-refractivity contribution in [3.63, 3.8) is 0 Å². The lowest BCUT2D eigenvalue weighted by Gasteiger charge is -1.96. The number of hydrogen-bond donors (Lipinski definition) is 1. The van der Waals surface area contributed by atoms with Crippen molar-refractivity contribution in [1.82, 2.24) is 4.98 Å². The average Bonchev–Trinajstić information content (AvgIpc) is 2.89. The molecule has 5 nitrogen and oxygen atoms in total. The first kappa shape index (κ1) is 9.05. The molecule has 0 aromatic carbocycles. The van der Waals surface area contributed by atoms with Gasteiger partial charge in [-0.1, -0.05) is 0 Å². The van der Waals surface area contributed by atoms with Crippen LogP contribution in [0.4, 0.5) is 0 Å². The zero-order valence-electron chi connectivity index (χ0n) is 7.82. The smallest absolute Gasteiger partial charge is 0.362 e. The van der Waals surface area contributed by atoms with Crippen LogP contribution in [0.15, 0.2) is 4.42 Å². The van der Waals surface area contributed by atoms with Crippen LogP contribution in [0.2, 0.25) is 0 Å². The highest BCUT2D eigenvalue weighted by molar-refractivity contribution is 5.87. The molecule has 1 saturated carbocycles. The standard InChI is InChI=1S/C9H11NO4/c1-2-13-9-6(8(11)12)10-7(14-9)5-3-4-5/h5H,2-4H2,1H3,(H,11,12). The van der Waals surface area contributed by atoms with E-state index in [4.69, 9.17) is 14.3 Å². The molecule has 0 unspecified atom stereocenters. The molecule has 1 aromatic heterocycles. The van der Waals surface area contributed by atoms with Crippen molar-refractivity contribution >= 4 is 5.97 Å². The monoisotopic (exact) mass is 197 g/mol. The number of rotatable bonds is 4. The number of aromatic carboxylic acids is 1. The summed E-state index contributed by atoms with van der Waals surface area (Å²) in [6.45, 7) is 2.14. The number of oxazole rings is 1. The summed E-state index contributed by atoms with van der Waals surface area (Å²) in [5.74, 6) is -0.292. The molecule has 5 heteroatoms. The molecule has 1 aromatic rings. The van der Waals surface area contributed by atoms with Crippen LogP contribution >= 0.6 is 0 Å². The van der Waals surface area contributed by atoms with E-state index in [0.717, 1.165) is 12.8 Å². The largest absolute Gasteiger partial charge is 0.476 e. The Kier molecular flexibility index (Phi) is 2.15. The molecule has 2 rings (SSSR count). The van der Waals surface area contributed by atoms with Crippen LogP contribution in [0.25, 0.3) is 0 Å². The molecule has 1 aliphatic rings. The minimum atomic E-state index is -1.11. The summed E-state index contributed by atoms with van der Waals surface area (Å²) in [6, 6.07) is 0. The highest BCUT2D eigenvalue weighted by atomic mass is 16.6. The second-order valence-corrected chi connectivity index (χ2v) is 3.20. The third-order valence-corrected chi connectivity index (χ3v) is 2.02. The van der Waals surface area contributed by atoms with Crippen molar-refractivity contribution in [2.24, 2.45) is 0 Å². The summed E-state index contributed by atoms with van der Waals surface area (Å²) < 4.78 is 10.3. The summed E-state index contributed by atoms with van der Waals surface area (Å²) >= 11 is 0. The lowest BCUT2D eigenvalue weighted by Crippen LogP contribution is -2.01. The second-order valence-electron chi connectivity index (χ2n) is 3.20. The molecule has 0 saturated heterocycles. The van der Waals surface area contributed by atoms with Crippen LogP contribution in [0, 0.1) is 0 Å². The van der Waals surface area contributed by atoms with E-state index >= 15 is 0 Å². The van der Waals surface area contributed by atoms with Crippen molar-refractivity contribution in [2.45, 2.75) is 25.7 Å². The van der Waals surface area contributed by atoms with Gasteiger partial charge in [0.05, 0.1) is 6.61 Å². The van der Waals surface area contributed by atoms with Gasteiger partial charge in [-0.25, -0.2) is 9.78 Å². The zero-order valence-corrected chi connectivity index (χ0v) is 7.82. The number of hydrogen-bond acceptors (Lipinski definition) is 4. The van der Waals surface area contributed by atoms with Crippen LogP contribution in [-0.2, 0) is 0 Å². The Hall–Kier alpha value is -1.52. The zero-order chi connectivity index (χ0) is 10.1. The van der Waals surface area contributed by atoms with E-state index in [1.54, 1.807) is 6.92 Å². The first-order chi connectivity index (χ1) is 6.72. The molecule has 0 radical (unpaired) electrons. The number of nitrogens with zero attached hydrogens (tertiary/aromatic N) is 1. The lowest BCUT2D eigenvalue weighted by molar-refractivity contribution is 0.0683. The van der Waals surface area contributed by atoms with E-state index in [1.807, 2.05) is 0 Å². The van der Waals surface area contributed by atoms with E-state index in [-0.39, 0.29) is 11.6 Å². The molecule has 0 amide bonds. The van der Waals surface area contributed by atoms with Gasteiger partial charge < -0.3 is 14.3 Å². The maximum atomic E-state index is 10.8. The third kappa shape index (κ3) is 1.57. The maximum absolute atomic E-state index is 10.8. The quantitative estimate of drug-likeness (QED) is 0.794. The van der Waals surface area contributed by atoms with Crippen LogP contribution in [0.5, 0.6) is 5.95 Å². The Morgan fingerprint density at radius 3 is 2.93 bits per heavy atom. The highest BCUT2D eigenvalue weighted by Gasteiger charge is 2.32. The van der Waals surface area contributed by atoms with Crippen LogP contribution in [-0.4, -0.2) is 22.7 Å². The first-order valence-electron chi connectivity index (χ1n) is 4.59. The maximum Gasteiger partial charge on any atom is 0.362 e. The Bertz CT molecular complexity index is 354. The van der Waals surface area contributed by atoms with Crippen molar-refractivity contribution in [3.8, 4) is 5.95 Å². The SMILES string of the molecule is CCOc1oc(C2CC2)nc1C(=O)O. The van der Waals surface area contributed by atoms with Gasteiger partial charge in [0.1, 0.15) is 0 Å². The predicted octanol–water partition coefficient (Wildman–Crippen LogP) is 1.65. The van der Waals surface area contributed by atoms with E-state index in [9.17, 15) is 4.79 Å². The number of carbonyl (C=O) groups is 1. The summed E-state index contributed by atoms with van der Waals surface area (Å²) in [6.07, 6.45) is 2.04. The Morgan fingerprint density at radius 1 is 1.71 bits per heavy atom. The molecule has 0 aliphatic heterocycles. The summed E-state index contributed by atoms with van der Waals surface area (Å²) in [5.41, 5.74) is -0.117. The minimum Gasteiger partial charge on any atom is -0.476 e. The topological polar surface area (TPSA) is 72.6 Å². The van der Waals surface area contributed by atoms with Gasteiger partial charge in [0.25, 0.3) is 0 Å². The van der Waals surface area contributed by atoms with Crippen molar-refractivity contribution in [2.75, 3.05) is 6.61 Å². The lowest BCUT2D eigenvalue weighted by atomic mass is 10.4. The molecule has 1 aliphatic carbocycles. The van der Waals surface area contributed by atoms with Crippen LogP contribution in [0.1, 0.15) is 42.1 Å². The molecule has 76 valence electrons.